The van der Waals surface area contributed by atoms with E-state index < -0.39 is 0 Å². The molecule has 0 saturated carbocycles. The molecule has 1 saturated heterocycles. The molecular weight excluding hydrogens is 368 g/mol. The summed E-state index contributed by atoms with van der Waals surface area (Å²) in [6.45, 7) is 1.56. The maximum Gasteiger partial charge on any atom is 0.274 e. The third-order valence-electron chi connectivity index (χ3n) is 4.77. The minimum Gasteiger partial charge on any atom is -0.363 e. The monoisotopic (exact) mass is 390 g/mol. The van der Waals surface area contributed by atoms with Gasteiger partial charge in [0.1, 0.15) is 11.5 Å². The molecular formula is C21H22N6O2. The molecule has 1 fully saturated rings. The Bertz CT molecular complexity index is 1080. The number of fused-ring (bicyclic) bond motifs is 1. The quantitative estimate of drug-likeness (QED) is 0.707. The molecule has 0 atom stereocenters. The lowest BCUT2D eigenvalue weighted by Gasteiger charge is -2.28. The molecule has 0 bridgehead atoms. The van der Waals surface area contributed by atoms with E-state index in [2.05, 4.69) is 20.6 Å². The van der Waals surface area contributed by atoms with Gasteiger partial charge in [-0.15, -0.1) is 0 Å². The number of piperazine rings is 1. The number of rotatable bonds is 4. The van der Waals surface area contributed by atoms with Crippen molar-refractivity contribution in [1.82, 2.24) is 15.3 Å². The standard InChI is InChI=1S/C21H22N6O2/c1-26(2)19-6-3-14-11-15(4-5-17(14)25-19)24-21(29)18-12-16(7-8-22-18)27-10-9-23-20(28)13-27/h3-8,11-12H,9-10,13H2,1-2H3,(H,23,28)(H,24,29). The van der Waals surface area contributed by atoms with Gasteiger partial charge in [-0.25, -0.2) is 4.98 Å². The molecule has 0 aliphatic carbocycles. The van der Waals surface area contributed by atoms with Gasteiger partial charge in [0.15, 0.2) is 0 Å². The van der Waals surface area contributed by atoms with Crippen molar-refractivity contribution in [1.29, 1.82) is 0 Å². The molecule has 2 aromatic heterocycles. The van der Waals surface area contributed by atoms with Crippen molar-refractivity contribution in [3.05, 3.63) is 54.4 Å². The number of hydrogen-bond donors (Lipinski definition) is 2. The first kappa shape index (κ1) is 18.7. The summed E-state index contributed by atoms with van der Waals surface area (Å²) in [5, 5.41) is 6.62. The van der Waals surface area contributed by atoms with E-state index in [1.165, 1.54) is 0 Å². The first-order valence-electron chi connectivity index (χ1n) is 9.37. The highest BCUT2D eigenvalue weighted by Crippen LogP contribution is 2.22. The Kier molecular flexibility index (Phi) is 4.99. The second kappa shape index (κ2) is 7.75. The summed E-state index contributed by atoms with van der Waals surface area (Å²) < 4.78 is 0. The molecule has 29 heavy (non-hydrogen) atoms. The number of pyridine rings is 2. The maximum absolute atomic E-state index is 12.7. The number of carbonyl (C=O) groups excluding carboxylic acids is 2. The number of hydrogen-bond acceptors (Lipinski definition) is 6. The fourth-order valence-electron chi connectivity index (χ4n) is 3.24. The number of aromatic nitrogens is 2. The predicted molar refractivity (Wildman–Crippen MR) is 113 cm³/mol. The van der Waals surface area contributed by atoms with E-state index in [0.29, 0.717) is 24.5 Å². The van der Waals surface area contributed by atoms with Crippen LogP contribution in [0.1, 0.15) is 10.5 Å². The lowest BCUT2D eigenvalue weighted by molar-refractivity contribution is -0.120. The van der Waals surface area contributed by atoms with E-state index in [-0.39, 0.29) is 18.4 Å². The van der Waals surface area contributed by atoms with Crippen LogP contribution in [0.25, 0.3) is 10.9 Å². The van der Waals surface area contributed by atoms with Gasteiger partial charge in [0.2, 0.25) is 5.91 Å². The van der Waals surface area contributed by atoms with Gasteiger partial charge in [-0.05, 0) is 42.5 Å². The fraction of sp³-hybridized carbons (Fsp3) is 0.238. The molecule has 1 aromatic carbocycles. The first-order valence-corrected chi connectivity index (χ1v) is 9.37. The minimum atomic E-state index is -0.300. The maximum atomic E-state index is 12.7. The van der Waals surface area contributed by atoms with Gasteiger partial charge < -0.3 is 20.4 Å². The zero-order valence-electron chi connectivity index (χ0n) is 16.3. The van der Waals surface area contributed by atoms with E-state index in [1.54, 1.807) is 18.3 Å². The minimum absolute atomic E-state index is 0.0266. The van der Waals surface area contributed by atoms with Gasteiger partial charge in [-0.3, -0.25) is 14.6 Å². The van der Waals surface area contributed by atoms with Crippen LogP contribution in [-0.2, 0) is 4.79 Å². The highest BCUT2D eigenvalue weighted by Gasteiger charge is 2.18. The van der Waals surface area contributed by atoms with Crippen LogP contribution in [0.15, 0.2) is 48.7 Å². The van der Waals surface area contributed by atoms with E-state index in [0.717, 1.165) is 22.4 Å². The molecule has 148 valence electrons. The molecule has 3 aromatic rings. The van der Waals surface area contributed by atoms with Crippen LogP contribution in [0.4, 0.5) is 17.2 Å². The van der Waals surface area contributed by atoms with Crippen molar-refractivity contribution in [2.75, 3.05) is 48.8 Å². The third kappa shape index (κ3) is 4.11. The van der Waals surface area contributed by atoms with Crippen molar-refractivity contribution in [2.45, 2.75) is 0 Å². The van der Waals surface area contributed by atoms with Crippen molar-refractivity contribution in [3.63, 3.8) is 0 Å². The lowest BCUT2D eigenvalue weighted by atomic mass is 10.2. The number of anilines is 3. The van der Waals surface area contributed by atoms with Crippen molar-refractivity contribution in [3.8, 4) is 0 Å². The average molecular weight is 390 g/mol. The Balaban J connectivity index is 1.52. The summed E-state index contributed by atoms with van der Waals surface area (Å²) in [5.41, 5.74) is 2.64. The van der Waals surface area contributed by atoms with Gasteiger partial charge in [0.25, 0.3) is 5.91 Å². The largest absolute Gasteiger partial charge is 0.363 e. The highest BCUT2D eigenvalue weighted by molar-refractivity contribution is 6.04. The van der Waals surface area contributed by atoms with Gasteiger partial charge in [-0.1, -0.05) is 0 Å². The van der Waals surface area contributed by atoms with Crippen LogP contribution in [0, 0.1) is 0 Å². The topological polar surface area (TPSA) is 90.5 Å². The van der Waals surface area contributed by atoms with Crippen LogP contribution in [0.2, 0.25) is 0 Å². The molecule has 1 aliphatic heterocycles. The Morgan fingerprint density at radius 2 is 2.03 bits per heavy atom. The molecule has 2 amide bonds. The zero-order chi connectivity index (χ0) is 20.4. The Labute approximate surface area is 168 Å². The molecule has 2 N–H and O–H groups in total. The highest BCUT2D eigenvalue weighted by atomic mass is 16.2. The molecule has 4 rings (SSSR count). The van der Waals surface area contributed by atoms with Crippen LogP contribution < -0.4 is 20.4 Å². The molecule has 0 radical (unpaired) electrons. The summed E-state index contributed by atoms with van der Waals surface area (Å²) in [7, 11) is 3.89. The summed E-state index contributed by atoms with van der Waals surface area (Å²) >= 11 is 0. The molecule has 1 aliphatic rings. The summed E-state index contributed by atoms with van der Waals surface area (Å²) in [6, 6.07) is 13.0. The third-order valence-corrected chi connectivity index (χ3v) is 4.77. The van der Waals surface area contributed by atoms with Gasteiger partial charge in [-0.2, -0.15) is 0 Å². The predicted octanol–water partition coefficient (Wildman–Crippen LogP) is 1.88. The van der Waals surface area contributed by atoms with Crippen molar-refractivity contribution >= 4 is 39.9 Å². The average Bonchev–Trinajstić information content (AvgIpc) is 2.73. The second-order valence-electron chi connectivity index (χ2n) is 7.10. The fourth-order valence-corrected chi connectivity index (χ4v) is 3.24. The summed E-state index contributed by atoms with van der Waals surface area (Å²) in [5.74, 6) is 0.550. The van der Waals surface area contributed by atoms with Crippen LogP contribution in [-0.4, -0.2) is 55.5 Å². The first-order chi connectivity index (χ1) is 14.0. The van der Waals surface area contributed by atoms with Crippen molar-refractivity contribution in [2.24, 2.45) is 0 Å². The SMILES string of the molecule is CN(C)c1ccc2cc(NC(=O)c3cc(N4CCNC(=O)C4)ccn3)ccc2n1. The van der Waals surface area contributed by atoms with Gasteiger partial charge >= 0.3 is 0 Å². The molecule has 3 heterocycles. The lowest BCUT2D eigenvalue weighted by Crippen LogP contribution is -2.47. The second-order valence-corrected chi connectivity index (χ2v) is 7.10. The number of carbonyl (C=O) groups is 2. The summed E-state index contributed by atoms with van der Waals surface area (Å²) in [4.78, 5) is 37.0. The van der Waals surface area contributed by atoms with Crippen molar-refractivity contribution < 1.29 is 9.59 Å². The molecule has 0 spiro atoms. The zero-order valence-corrected chi connectivity index (χ0v) is 16.3. The molecule has 8 heteroatoms. The van der Waals surface area contributed by atoms with Crippen LogP contribution in [0.5, 0.6) is 0 Å². The van der Waals surface area contributed by atoms with Crippen LogP contribution in [0.3, 0.4) is 0 Å². The molecule has 8 nitrogen and oxygen atoms in total. The smallest absolute Gasteiger partial charge is 0.274 e. The number of nitrogens with one attached hydrogen (secondary N) is 2. The van der Waals surface area contributed by atoms with Gasteiger partial charge in [0, 0.05) is 50.1 Å². The molecule has 0 unspecified atom stereocenters. The van der Waals surface area contributed by atoms with E-state index in [1.807, 2.05) is 54.2 Å². The Morgan fingerprint density at radius 1 is 1.17 bits per heavy atom. The van der Waals surface area contributed by atoms with E-state index in [4.69, 9.17) is 0 Å². The van der Waals surface area contributed by atoms with Crippen LogP contribution >= 0.6 is 0 Å². The van der Waals surface area contributed by atoms with E-state index >= 15 is 0 Å². The number of amides is 2. The normalized spacial score (nSPS) is 13.9. The Hall–Kier alpha value is -3.68. The number of benzene rings is 1. The Morgan fingerprint density at radius 3 is 2.83 bits per heavy atom. The summed E-state index contributed by atoms with van der Waals surface area (Å²) in [6.07, 6.45) is 1.59. The van der Waals surface area contributed by atoms with E-state index in [9.17, 15) is 9.59 Å². The van der Waals surface area contributed by atoms with Gasteiger partial charge in [0.05, 0.1) is 12.1 Å². The number of nitrogens with zero attached hydrogens (tertiary/aromatic N) is 4.